The summed E-state index contributed by atoms with van der Waals surface area (Å²) in [6.45, 7) is 6.82. The van der Waals surface area contributed by atoms with Crippen molar-refractivity contribution < 1.29 is 35.4 Å². The topological polar surface area (TPSA) is 34.6 Å². The molecule has 2 aromatic carbocycles. The standard InChI is InChI=1S/C35H46Cl2NO3.BrH/c1-4-6-8-10-11-13-20-41-35-29-17-19-38(24-27-22-28(36)15-16-32(27)37)33(14-12-9-7-5-2)31(29)23-30(34(35)39-3)26-18-21-40-25-26;/h15-16,18,21-23,25H,4-14,17,19-20,24H2,1-3H3;1H/q+1;/p-1. The SMILES string of the molecule is CCCCCCCCOc1c2c(cc(-c3ccoc3)c1OC)C(CCCCCC)=[N+](Cc1cc(Cl)ccc1Cl)CC2.[Br-]. The van der Waals surface area contributed by atoms with Crippen molar-refractivity contribution in [2.24, 2.45) is 0 Å². The Morgan fingerprint density at radius 3 is 2.31 bits per heavy atom. The summed E-state index contributed by atoms with van der Waals surface area (Å²) in [5.41, 5.74) is 6.90. The molecule has 42 heavy (non-hydrogen) atoms. The zero-order valence-electron chi connectivity index (χ0n) is 25.5. The van der Waals surface area contributed by atoms with Crippen LogP contribution < -0.4 is 26.5 Å². The van der Waals surface area contributed by atoms with Crippen LogP contribution in [0.25, 0.3) is 11.1 Å². The summed E-state index contributed by atoms with van der Waals surface area (Å²) in [7, 11) is 1.74. The normalized spacial score (nSPS) is 12.7. The third-order valence-electron chi connectivity index (χ3n) is 8.08. The first-order chi connectivity index (χ1) is 20.1. The molecule has 1 aromatic heterocycles. The van der Waals surface area contributed by atoms with Gasteiger partial charge in [-0.15, -0.1) is 0 Å². The van der Waals surface area contributed by atoms with Crippen LogP contribution in [0.4, 0.5) is 0 Å². The number of ether oxygens (including phenoxy) is 2. The molecule has 0 radical (unpaired) electrons. The smallest absolute Gasteiger partial charge is 0.184 e. The van der Waals surface area contributed by atoms with Crippen molar-refractivity contribution >= 4 is 28.9 Å². The predicted molar refractivity (Wildman–Crippen MR) is 171 cm³/mol. The number of unbranched alkanes of at least 4 members (excludes halogenated alkanes) is 8. The van der Waals surface area contributed by atoms with E-state index in [2.05, 4.69) is 24.5 Å². The lowest BCUT2D eigenvalue weighted by Crippen LogP contribution is -3.00. The summed E-state index contributed by atoms with van der Waals surface area (Å²) >= 11 is 13.0. The molecule has 0 fully saturated rings. The van der Waals surface area contributed by atoms with Gasteiger partial charge in [0.1, 0.15) is 6.54 Å². The fourth-order valence-electron chi connectivity index (χ4n) is 5.84. The quantitative estimate of drug-likeness (QED) is 0.109. The van der Waals surface area contributed by atoms with Crippen molar-refractivity contribution in [3.8, 4) is 22.6 Å². The molecule has 0 saturated heterocycles. The maximum Gasteiger partial charge on any atom is 0.184 e. The molecule has 0 bridgehead atoms. The zero-order valence-corrected chi connectivity index (χ0v) is 28.6. The lowest BCUT2D eigenvalue weighted by molar-refractivity contribution is -0.545. The monoisotopic (exact) mass is 677 g/mol. The minimum atomic E-state index is 0. The lowest BCUT2D eigenvalue weighted by atomic mass is 9.88. The number of hydrogen-bond donors (Lipinski definition) is 0. The molecule has 0 aliphatic carbocycles. The fourth-order valence-corrected chi connectivity index (χ4v) is 6.21. The first kappa shape index (κ1) is 34.5. The van der Waals surface area contributed by atoms with Crippen LogP contribution in [-0.2, 0) is 13.0 Å². The van der Waals surface area contributed by atoms with Crippen molar-refractivity contribution in [1.82, 2.24) is 0 Å². The number of methoxy groups -OCH3 is 1. The van der Waals surface area contributed by atoms with E-state index in [1.54, 1.807) is 19.6 Å². The third kappa shape index (κ3) is 9.03. The second kappa shape index (κ2) is 18.0. The number of rotatable bonds is 17. The van der Waals surface area contributed by atoms with Crippen LogP contribution in [0.3, 0.4) is 0 Å². The van der Waals surface area contributed by atoms with E-state index in [9.17, 15) is 0 Å². The van der Waals surface area contributed by atoms with E-state index >= 15 is 0 Å². The molecule has 2 heterocycles. The predicted octanol–water partition coefficient (Wildman–Crippen LogP) is 7.53. The van der Waals surface area contributed by atoms with Crippen molar-refractivity contribution in [2.45, 2.75) is 97.4 Å². The summed E-state index contributed by atoms with van der Waals surface area (Å²) in [6, 6.07) is 10.0. The molecule has 230 valence electrons. The number of fused-ring (bicyclic) bond motifs is 1. The van der Waals surface area contributed by atoms with E-state index in [1.165, 1.54) is 68.2 Å². The van der Waals surface area contributed by atoms with Crippen LogP contribution in [0.15, 0.2) is 47.3 Å². The van der Waals surface area contributed by atoms with E-state index < -0.39 is 0 Å². The minimum Gasteiger partial charge on any atom is -1.00 e. The molecule has 4 rings (SSSR count). The number of halogens is 3. The summed E-state index contributed by atoms with van der Waals surface area (Å²) in [5, 5.41) is 1.46. The van der Waals surface area contributed by atoms with Crippen molar-refractivity contribution in [2.75, 3.05) is 20.3 Å². The molecule has 7 heteroatoms. The molecule has 0 atom stereocenters. The molecule has 0 spiro atoms. The Bertz CT molecular complexity index is 1290. The second-order valence-electron chi connectivity index (χ2n) is 11.1. The number of nitrogens with zero attached hydrogens (tertiary/aromatic N) is 1. The Morgan fingerprint density at radius 1 is 0.857 bits per heavy atom. The highest BCUT2D eigenvalue weighted by molar-refractivity contribution is 6.33. The average Bonchev–Trinajstić information content (AvgIpc) is 3.52. The first-order valence-corrected chi connectivity index (χ1v) is 16.3. The number of furan rings is 1. The molecule has 1 aliphatic heterocycles. The highest BCUT2D eigenvalue weighted by Crippen LogP contribution is 2.45. The Hall–Kier alpha value is -1.95. The van der Waals surface area contributed by atoms with Crippen LogP contribution >= 0.6 is 23.2 Å². The maximum atomic E-state index is 6.64. The Kier molecular flexibility index (Phi) is 14.8. The summed E-state index contributed by atoms with van der Waals surface area (Å²) < 4.78 is 20.7. The zero-order chi connectivity index (χ0) is 29.0. The van der Waals surface area contributed by atoms with Crippen LogP contribution in [0.1, 0.15) is 101 Å². The van der Waals surface area contributed by atoms with E-state index in [0.717, 1.165) is 72.0 Å². The van der Waals surface area contributed by atoms with E-state index in [0.29, 0.717) is 11.6 Å². The van der Waals surface area contributed by atoms with E-state index in [1.807, 2.05) is 24.3 Å². The minimum absolute atomic E-state index is 0. The molecule has 0 unspecified atom stereocenters. The van der Waals surface area contributed by atoms with Gasteiger partial charge in [0.25, 0.3) is 0 Å². The van der Waals surface area contributed by atoms with Gasteiger partial charge in [0.2, 0.25) is 0 Å². The molecule has 0 N–H and O–H groups in total. The number of hydrogen-bond acceptors (Lipinski definition) is 3. The summed E-state index contributed by atoms with van der Waals surface area (Å²) in [5.74, 6) is 1.69. The van der Waals surface area contributed by atoms with Crippen LogP contribution in [0.5, 0.6) is 11.5 Å². The Balaban J connectivity index is 0.00000484. The largest absolute Gasteiger partial charge is 1.00 e. The van der Waals surface area contributed by atoms with Gasteiger partial charge in [0.15, 0.2) is 23.8 Å². The molecule has 1 aliphatic rings. The third-order valence-corrected chi connectivity index (χ3v) is 8.68. The molecule has 0 amide bonds. The molecule has 0 saturated carbocycles. The highest BCUT2D eigenvalue weighted by Gasteiger charge is 2.32. The van der Waals surface area contributed by atoms with Crippen molar-refractivity contribution in [3.05, 3.63) is 69.6 Å². The van der Waals surface area contributed by atoms with Crippen LogP contribution in [0, 0.1) is 0 Å². The fraction of sp³-hybridized carbons (Fsp3) is 0.514. The van der Waals surface area contributed by atoms with Crippen LogP contribution in [0.2, 0.25) is 10.0 Å². The van der Waals surface area contributed by atoms with Gasteiger partial charge in [-0.1, -0.05) is 88.4 Å². The molecule has 4 nitrogen and oxygen atoms in total. The van der Waals surface area contributed by atoms with Gasteiger partial charge in [0.05, 0.1) is 31.3 Å². The number of benzene rings is 2. The molecule has 3 aromatic rings. The highest BCUT2D eigenvalue weighted by atomic mass is 79.9. The average molecular weight is 680 g/mol. The maximum absolute atomic E-state index is 6.64. The van der Waals surface area contributed by atoms with Crippen molar-refractivity contribution in [3.63, 3.8) is 0 Å². The van der Waals surface area contributed by atoms with Gasteiger partial charge >= 0.3 is 0 Å². The van der Waals surface area contributed by atoms with Gasteiger partial charge in [-0.05, 0) is 43.2 Å². The molecular weight excluding hydrogens is 633 g/mol. The van der Waals surface area contributed by atoms with Crippen molar-refractivity contribution in [1.29, 1.82) is 0 Å². The van der Waals surface area contributed by atoms with E-state index in [-0.39, 0.29) is 17.0 Å². The Morgan fingerprint density at radius 2 is 1.60 bits per heavy atom. The van der Waals surface area contributed by atoms with Gasteiger partial charge in [-0.2, -0.15) is 0 Å². The second-order valence-corrected chi connectivity index (χ2v) is 11.9. The lowest BCUT2D eigenvalue weighted by Gasteiger charge is -2.25. The van der Waals surface area contributed by atoms with E-state index in [4.69, 9.17) is 37.1 Å². The van der Waals surface area contributed by atoms with Crippen LogP contribution in [-0.4, -0.2) is 30.5 Å². The Labute approximate surface area is 273 Å². The van der Waals surface area contributed by atoms with Gasteiger partial charge in [-0.3, -0.25) is 0 Å². The molecular formula is C35H46BrCl2NO3. The van der Waals surface area contributed by atoms with Gasteiger partial charge in [0, 0.05) is 45.7 Å². The first-order valence-electron chi connectivity index (χ1n) is 15.5. The summed E-state index contributed by atoms with van der Waals surface area (Å²) in [6.07, 6.45) is 17.6. The van der Waals surface area contributed by atoms with Gasteiger partial charge < -0.3 is 30.9 Å². The summed E-state index contributed by atoms with van der Waals surface area (Å²) in [4.78, 5) is 0. The van der Waals surface area contributed by atoms with Gasteiger partial charge in [-0.25, -0.2) is 4.58 Å².